The van der Waals surface area contributed by atoms with Gasteiger partial charge in [-0.05, 0) is 70.1 Å². The Bertz CT molecular complexity index is 716. The molecule has 0 unspecified atom stereocenters. The van der Waals surface area contributed by atoms with Crippen LogP contribution >= 0.6 is 0 Å². The van der Waals surface area contributed by atoms with Crippen molar-refractivity contribution in [2.45, 2.75) is 32.7 Å². The lowest BCUT2D eigenvalue weighted by atomic mass is 10.0. The average molecular weight is 340 g/mol. The zero-order valence-corrected chi connectivity index (χ0v) is 15.6. The fourth-order valence-electron chi connectivity index (χ4n) is 3.51. The number of nitrogens with one attached hydrogen (secondary N) is 1. The maximum Gasteiger partial charge on any atom is 0.159 e. The second kappa shape index (κ2) is 7.27. The van der Waals surface area contributed by atoms with E-state index in [0.717, 1.165) is 37.4 Å². The van der Waals surface area contributed by atoms with E-state index in [2.05, 4.69) is 71.2 Å². The van der Waals surface area contributed by atoms with E-state index in [1.54, 1.807) is 6.33 Å². The van der Waals surface area contributed by atoms with Crippen molar-refractivity contribution in [3.8, 4) is 0 Å². The first-order chi connectivity index (χ1) is 11.9. The highest BCUT2D eigenvalue weighted by Crippen LogP contribution is 2.31. The normalized spacial score (nSPS) is 16.0. The Morgan fingerprint density at radius 3 is 2.40 bits per heavy atom. The van der Waals surface area contributed by atoms with Crippen molar-refractivity contribution < 1.29 is 0 Å². The number of nitrogen functional groups attached to an aromatic ring is 1. The van der Waals surface area contributed by atoms with Crippen LogP contribution in [-0.4, -0.2) is 48.1 Å². The first kappa shape index (κ1) is 17.5. The molecule has 0 amide bonds. The van der Waals surface area contributed by atoms with Crippen LogP contribution in [0.1, 0.15) is 24.0 Å². The number of hydrogen-bond acceptors (Lipinski definition) is 6. The van der Waals surface area contributed by atoms with Crippen LogP contribution in [0.15, 0.2) is 24.5 Å². The zero-order valence-electron chi connectivity index (χ0n) is 15.6. The van der Waals surface area contributed by atoms with Crippen LogP contribution in [-0.2, 0) is 0 Å². The van der Waals surface area contributed by atoms with Crippen LogP contribution < -0.4 is 16.0 Å². The number of nitrogens with two attached hydrogens (primary N) is 1. The third-order valence-electron chi connectivity index (χ3n) is 4.92. The number of rotatable bonds is 4. The maximum atomic E-state index is 6.40. The number of piperidine rings is 1. The summed E-state index contributed by atoms with van der Waals surface area (Å²) in [7, 11) is 4.25. The Kier molecular flexibility index (Phi) is 5.08. The van der Waals surface area contributed by atoms with Gasteiger partial charge in [-0.15, -0.1) is 0 Å². The molecule has 1 aromatic carbocycles. The first-order valence-electron chi connectivity index (χ1n) is 8.81. The highest BCUT2D eigenvalue weighted by molar-refractivity contribution is 5.78. The van der Waals surface area contributed by atoms with E-state index in [9.17, 15) is 0 Å². The van der Waals surface area contributed by atoms with Gasteiger partial charge >= 0.3 is 0 Å². The predicted molar refractivity (Wildman–Crippen MR) is 105 cm³/mol. The molecule has 0 bridgehead atoms. The average Bonchev–Trinajstić information content (AvgIpc) is 2.56. The van der Waals surface area contributed by atoms with Crippen LogP contribution in [0.25, 0.3) is 0 Å². The molecule has 0 saturated carbocycles. The number of hydrogen-bond donors (Lipinski definition) is 2. The van der Waals surface area contributed by atoms with Gasteiger partial charge in [0.05, 0.1) is 0 Å². The smallest absolute Gasteiger partial charge is 0.159 e. The molecule has 1 aliphatic heterocycles. The van der Waals surface area contributed by atoms with Crippen LogP contribution in [0, 0.1) is 13.8 Å². The lowest BCUT2D eigenvalue weighted by Crippen LogP contribution is -2.42. The van der Waals surface area contributed by atoms with Gasteiger partial charge in [-0.3, -0.25) is 0 Å². The third kappa shape index (κ3) is 4.02. The molecule has 1 saturated heterocycles. The summed E-state index contributed by atoms with van der Waals surface area (Å²) in [5.74, 6) is 1.46. The van der Waals surface area contributed by atoms with Gasteiger partial charge in [0.2, 0.25) is 0 Å². The van der Waals surface area contributed by atoms with Gasteiger partial charge in [0.25, 0.3) is 0 Å². The number of aromatic nitrogens is 2. The van der Waals surface area contributed by atoms with E-state index in [1.807, 2.05) is 0 Å². The molecule has 1 aromatic heterocycles. The zero-order chi connectivity index (χ0) is 18.0. The SMILES string of the molecule is Cc1cc(C)cc(Nc2ncnc(N(C)C3CCN(C)CC3)c2N)c1. The van der Waals surface area contributed by atoms with E-state index >= 15 is 0 Å². The Morgan fingerprint density at radius 2 is 1.76 bits per heavy atom. The van der Waals surface area contributed by atoms with Crippen LogP contribution in [0.5, 0.6) is 0 Å². The van der Waals surface area contributed by atoms with E-state index in [4.69, 9.17) is 5.73 Å². The number of benzene rings is 1. The standard InChI is InChI=1S/C19H28N6/c1-13-9-14(2)11-15(10-13)23-18-17(20)19(22-12-21-18)25(4)16-5-7-24(3)8-6-16/h9-12,16H,5-8,20H2,1-4H3,(H,21,22,23). The topological polar surface area (TPSA) is 70.3 Å². The van der Waals surface area contributed by atoms with Crippen LogP contribution in [0.4, 0.5) is 23.0 Å². The second-order valence-electron chi connectivity index (χ2n) is 7.11. The summed E-state index contributed by atoms with van der Waals surface area (Å²) in [6.45, 7) is 6.38. The molecule has 0 atom stereocenters. The lowest BCUT2D eigenvalue weighted by Gasteiger charge is -2.36. The molecule has 6 nitrogen and oxygen atoms in total. The van der Waals surface area contributed by atoms with Crippen molar-refractivity contribution in [1.82, 2.24) is 14.9 Å². The van der Waals surface area contributed by atoms with Crippen molar-refractivity contribution in [2.75, 3.05) is 43.1 Å². The van der Waals surface area contributed by atoms with Crippen molar-refractivity contribution in [3.63, 3.8) is 0 Å². The van der Waals surface area contributed by atoms with E-state index in [1.165, 1.54) is 11.1 Å². The van der Waals surface area contributed by atoms with Gasteiger partial charge in [-0.2, -0.15) is 0 Å². The fourth-order valence-corrected chi connectivity index (χ4v) is 3.51. The fraction of sp³-hybridized carbons (Fsp3) is 0.474. The monoisotopic (exact) mass is 340 g/mol. The van der Waals surface area contributed by atoms with Crippen LogP contribution in [0.2, 0.25) is 0 Å². The molecule has 6 heteroatoms. The Morgan fingerprint density at radius 1 is 1.12 bits per heavy atom. The molecule has 3 rings (SSSR count). The molecule has 134 valence electrons. The number of aryl methyl sites for hydroxylation is 2. The maximum absolute atomic E-state index is 6.40. The summed E-state index contributed by atoms with van der Waals surface area (Å²) < 4.78 is 0. The Balaban J connectivity index is 1.82. The summed E-state index contributed by atoms with van der Waals surface area (Å²) in [6.07, 6.45) is 3.83. The molecule has 2 aromatic rings. The predicted octanol–water partition coefficient (Wildman–Crippen LogP) is 2.95. The van der Waals surface area contributed by atoms with Gasteiger partial charge in [0.1, 0.15) is 12.0 Å². The van der Waals surface area contributed by atoms with E-state index in [0.29, 0.717) is 17.5 Å². The molecule has 1 aliphatic rings. The minimum absolute atomic E-state index is 0.461. The van der Waals surface area contributed by atoms with Gasteiger partial charge in [0.15, 0.2) is 11.6 Å². The van der Waals surface area contributed by atoms with Gasteiger partial charge in [-0.1, -0.05) is 6.07 Å². The molecule has 25 heavy (non-hydrogen) atoms. The molecular formula is C19H28N6. The number of anilines is 4. The molecular weight excluding hydrogens is 312 g/mol. The largest absolute Gasteiger partial charge is 0.393 e. The first-order valence-corrected chi connectivity index (χ1v) is 8.81. The second-order valence-corrected chi connectivity index (χ2v) is 7.11. The molecule has 0 radical (unpaired) electrons. The molecule has 3 N–H and O–H groups in total. The van der Waals surface area contributed by atoms with Gasteiger partial charge < -0.3 is 20.9 Å². The van der Waals surface area contributed by atoms with Crippen molar-refractivity contribution in [3.05, 3.63) is 35.7 Å². The molecule has 0 spiro atoms. The summed E-state index contributed by atoms with van der Waals surface area (Å²) in [5, 5.41) is 3.35. The summed E-state index contributed by atoms with van der Waals surface area (Å²) >= 11 is 0. The Labute approximate surface area is 150 Å². The number of likely N-dealkylation sites (tertiary alicyclic amines) is 1. The summed E-state index contributed by atoms with van der Waals surface area (Å²) in [4.78, 5) is 13.4. The van der Waals surface area contributed by atoms with E-state index in [-0.39, 0.29) is 0 Å². The molecule has 0 aliphatic carbocycles. The third-order valence-corrected chi connectivity index (χ3v) is 4.92. The van der Waals surface area contributed by atoms with Crippen molar-refractivity contribution >= 4 is 23.0 Å². The minimum atomic E-state index is 0.461. The molecule has 1 fully saturated rings. The minimum Gasteiger partial charge on any atom is -0.393 e. The quantitative estimate of drug-likeness (QED) is 0.892. The highest BCUT2D eigenvalue weighted by Gasteiger charge is 2.23. The van der Waals surface area contributed by atoms with Crippen molar-refractivity contribution in [1.29, 1.82) is 0 Å². The van der Waals surface area contributed by atoms with Gasteiger partial charge in [0, 0.05) is 18.8 Å². The Hall–Kier alpha value is -2.34. The van der Waals surface area contributed by atoms with Crippen LogP contribution in [0.3, 0.4) is 0 Å². The highest BCUT2D eigenvalue weighted by atomic mass is 15.2. The molecule has 2 heterocycles. The van der Waals surface area contributed by atoms with Crippen molar-refractivity contribution in [2.24, 2.45) is 0 Å². The van der Waals surface area contributed by atoms with Gasteiger partial charge in [-0.25, -0.2) is 9.97 Å². The number of nitrogens with zero attached hydrogens (tertiary/aromatic N) is 4. The lowest BCUT2D eigenvalue weighted by molar-refractivity contribution is 0.252. The summed E-state index contributed by atoms with van der Waals surface area (Å²) in [6, 6.07) is 6.79. The van der Waals surface area contributed by atoms with E-state index < -0.39 is 0 Å². The summed E-state index contributed by atoms with van der Waals surface area (Å²) in [5.41, 5.74) is 10.4.